The van der Waals surface area contributed by atoms with Gasteiger partial charge in [-0.2, -0.15) is 0 Å². The molecule has 1 heterocycles. The van der Waals surface area contributed by atoms with Crippen molar-refractivity contribution in [2.75, 3.05) is 0 Å². The summed E-state index contributed by atoms with van der Waals surface area (Å²) in [5.41, 5.74) is 0.781. The fourth-order valence-electron chi connectivity index (χ4n) is 1.53. The normalized spacial score (nSPS) is 10.3. The van der Waals surface area contributed by atoms with Crippen molar-refractivity contribution in [1.29, 1.82) is 0 Å². The van der Waals surface area contributed by atoms with E-state index in [-0.39, 0.29) is 18.0 Å². The second-order valence-electron chi connectivity index (χ2n) is 3.95. The molecule has 0 amide bonds. The van der Waals surface area contributed by atoms with E-state index in [2.05, 4.69) is 4.98 Å². The third-order valence-electron chi connectivity index (χ3n) is 2.48. The zero-order chi connectivity index (χ0) is 13.1. The lowest BCUT2D eigenvalue weighted by Crippen LogP contribution is -2.08. The fraction of sp³-hybridized carbons (Fsp3) is 0.154. The van der Waals surface area contributed by atoms with Crippen LogP contribution in [-0.4, -0.2) is 21.1 Å². The Morgan fingerprint density at radius 3 is 2.44 bits per heavy atom. The summed E-state index contributed by atoms with van der Waals surface area (Å²) in [5, 5.41) is 0.558. The number of imidazole rings is 1. The summed E-state index contributed by atoms with van der Waals surface area (Å²) in [6.45, 7) is 0. The Hall–Kier alpha value is -1.94. The molecular weight excluding hydrogens is 252 g/mol. The van der Waals surface area contributed by atoms with Gasteiger partial charge in [-0.05, 0) is 24.3 Å². The molecule has 0 aliphatic carbocycles. The van der Waals surface area contributed by atoms with Crippen LogP contribution in [0.1, 0.15) is 27.3 Å². The maximum atomic E-state index is 11.8. The van der Waals surface area contributed by atoms with Gasteiger partial charge in [-0.3, -0.25) is 9.59 Å². The van der Waals surface area contributed by atoms with Crippen molar-refractivity contribution in [3.8, 4) is 0 Å². The summed E-state index contributed by atoms with van der Waals surface area (Å²) >= 11 is 5.73. The van der Waals surface area contributed by atoms with Gasteiger partial charge in [0.1, 0.15) is 5.69 Å². The van der Waals surface area contributed by atoms with E-state index in [0.717, 1.165) is 0 Å². The quantitative estimate of drug-likeness (QED) is 0.628. The predicted octanol–water partition coefficient (Wildman–Crippen LogP) is 2.53. The van der Waals surface area contributed by atoms with Gasteiger partial charge in [-0.25, -0.2) is 4.98 Å². The second-order valence-corrected chi connectivity index (χ2v) is 4.39. The van der Waals surface area contributed by atoms with Crippen LogP contribution in [0.3, 0.4) is 0 Å². The molecule has 0 aliphatic rings. The molecule has 1 aromatic carbocycles. The summed E-state index contributed by atoms with van der Waals surface area (Å²) in [5.74, 6) is -0.516. The van der Waals surface area contributed by atoms with Crippen LogP contribution in [-0.2, 0) is 7.05 Å². The van der Waals surface area contributed by atoms with Gasteiger partial charge in [0.15, 0.2) is 11.6 Å². The van der Waals surface area contributed by atoms with E-state index < -0.39 is 0 Å². The molecule has 5 heteroatoms. The highest BCUT2D eigenvalue weighted by molar-refractivity contribution is 6.30. The summed E-state index contributed by atoms with van der Waals surface area (Å²) in [6.07, 6.45) is 2.94. The molecule has 0 aliphatic heterocycles. The summed E-state index contributed by atoms with van der Waals surface area (Å²) in [4.78, 5) is 27.6. The highest BCUT2D eigenvalue weighted by Gasteiger charge is 2.15. The van der Waals surface area contributed by atoms with E-state index in [1.54, 1.807) is 42.1 Å². The third kappa shape index (κ3) is 2.84. The zero-order valence-corrected chi connectivity index (χ0v) is 10.5. The number of carbonyl (C=O) groups is 2. The minimum Gasteiger partial charge on any atom is -0.340 e. The van der Waals surface area contributed by atoms with Crippen molar-refractivity contribution < 1.29 is 9.59 Å². The number of nitrogens with zero attached hydrogens (tertiary/aromatic N) is 2. The van der Waals surface area contributed by atoms with E-state index in [9.17, 15) is 9.59 Å². The molecule has 0 bridgehead atoms. The third-order valence-corrected chi connectivity index (χ3v) is 2.73. The maximum Gasteiger partial charge on any atom is 0.190 e. The van der Waals surface area contributed by atoms with E-state index in [0.29, 0.717) is 16.3 Å². The van der Waals surface area contributed by atoms with Crippen molar-refractivity contribution in [1.82, 2.24) is 9.55 Å². The number of benzene rings is 1. The highest BCUT2D eigenvalue weighted by atomic mass is 35.5. The lowest BCUT2D eigenvalue weighted by Gasteiger charge is -1.99. The van der Waals surface area contributed by atoms with Gasteiger partial charge in [0, 0.05) is 23.8 Å². The fourth-order valence-corrected chi connectivity index (χ4v) is 1.66. The van der Waals surface area contributed by atoms with E-state index in [4.69, 9.17) is 11.6 Å². The Morgan fingerprint density at radius 2 is 1.89 bits per heavy atom. The van der Waals surface area contributed by atoms with Crippen molar-refractivity contribution in [3.63, 3.8) is 0 Å². The number of rotatable bonds is 4. The molecular formula is C13H11ClN2O2. The molecule has 2 rings (SSSR count). The number of hydrogen-bond acceptors (Lipinski definition) is 3. The molecule has 0 radical (unpaired) electrons. The van der Waals surface area contributed by atoms with Gasteiger partial charge >= 0.3 is 0 Å². The second kappa shape index (κ2) is 5.14. The number of hydrogen-bond donors (Lipinski definition) is 0. The van der Waals surface area contributed by atoms with Crippen LogP contribution in [0.5, 0.6) is 0 Å². The molecule has 0 unspecified atom stereocenters. The number of aromatic nitrogens is 2. The van der Waals surface area contributed by atoms with Crippen LogP contribution in [0, 0.1) is 0 Å². The Kier molecular flexibility index (Phi) is 3.58. The smallest absolute Gasteiger partial charge is 0.190 e. The van der Waals surface area contributed by atoms with Crippen molar-refractivity contribution in [2.24, 2.45) is 7.05 Å². The molecule has 0 N–H and O–H groups in total. The number of Topliss-reactive ketones (excluding diaryl/α,β-unsaturated/α-hetero) is 2. The van der Waals surface area contributed by atoms with Crippen molar-refractivity contribution >= 4 is 23.2 Å². The van der Waals surface area contributed by atoms with E-state index in [1.807, 2.05) is 0 Å². The summed E-state index contributed by atoms with van der Waals surface area (Å²) in [7, 11) is 1.77. The van der Waals surface area contributed by atoms with Gasteiger partial charge in [-0.15, -0.1) is 0 Å². The number of carbonyl (C=O) groups excluding carboxylic acids is 2. The Morgan fingerprint density at radius 1 is 1.22 bits per heavy atom. The Balaban J connectivity index is 2.08. The average Bonchev–Trinajstić information content (AvgIpc) is 2.76. The Labute approximate surface area is 109 Å². The molecule has 18 heavy (non-hydrogen) atoms. The van der Waals surface area contributed by atoms with Crippen LogP contribution in [0.2, 0.25) is 5.02 Å². The standard InChI is InChI=1S/C13H11ClN2O2/c1-16-7-11(15-8-16)13(18)6-12(17)9-2-4-10(14)5-3-9/h2-5,7-8H,6H2,1H3. The monoisotopic (exact) mass is 262 g/mol. The molecule has 0 spiro atoms. The average molecular weight is 263 g/mol. The molecule has 0 saturated heterocycles. The van der Waals surface area contributed by atoms with Crippen LogP contribution >= 0.6 is 11.6 Å². The molecule has 1 aromatic heterocycles. The predicted molar refractivity (Wildman–Crippen MR) is 67.9 cm³/mol. The largest absolute Gasteiger partial charge is 0.340 e. The van der Waals surface area contributed by atoms with Crippen molar-refractivity contribution in [3.05, 3.63) is 53.1 Å². The zero-order valence-electron chi connectivity index (χ0n) is 9.76. The SMILES string of the molecule is Cn1cnc(C(=O)CC(=O)c2ccc(Cl)cc2)c1. The number of aryl methyl sites for hydroxylation is 1. The first kappa shape index (κ1) is 12.5. The Bertz CT molecular complexity index is 587. The van der Waals surface area contributed by atoms with Crippen LogP contribution in [0.4, 0.5) is 0 Å². The molecule has 0 saturated carbocycles. The molecule has 4 nitrogen and oxygen atoms in total. The molecule has 2 aromatic rings. The maximum absolute atomic E-state index is 11.8. The molecule has 0 atom stereocenters. The van der Waals surface area contributed by atoms with Crippen molar-refractivity contribution in [2.45, 2.75) is 6.42 Å². The van der Waals surface area contributed by atoms with Gasteiger partial charge in [-0.1, -0.05) is 11.6 Å². The highest BCUT2D eigenvalue weighted by Crippen LogP contribution is 2.12. The van der Waals surface area contributed by atoms with E-state index in [1.165, 1.54) is 6.33 Å². The lowest BCUT2D eigenvalue weighted by atomic mass is 10.1. The van der Waals surface area contributed by atoms with Crippen LogP contribution in [0.25, 0.3) is 0 Å². The molecule has 0 fully saturated rings. The van der Waals surface area contributed by atoms with Gasteiger partial charge in [0.25, 0.3) is 0 Å². The first-order valence-electron chi connectivity index (χ1n) is 5.36. The first-order valence-corrected chi connectivity index (χ1v) is 5.74. The van der Waals surface area contributed by atoms with Gasteiger partial charge < -0.3 is 4.57 Å². The van der Waals surface area contributed by atoms with Gasteiger partial charge in [0.05, 0.1) is 12.7 Å². The minimum absolute atomic E-state index is 0.182. The summed E-state index contributed by atoms with van der Waals surface area (Å²) < 4.78 is 1.67. The van der Waals surface area contributed by atoms with Gasteiger partial charge in [0.2, 0.25) is 0 Å². The first-order chi connectivity index (χ1) is 8.56. The number of ketones is 2. The van der Waals surface area contributed by atoms with Crippen LogP contribution in [0.15, 0.2) is 36.8 Å². The summed E-state index contributed by atoms with van der Waals surface area (Å²) in [6, 6.07) is 6.47. The number of halogens is 1. The van der Waals surface area contributed by atoms with Crippen LogP contribution < -0.4 is 0 Å². The topological polar surface area (TPSA) is 52.0 Å². The minimum atomic E-state index is -0.282. The lowest BCUT2D eigenvalue weighted by molar-refractivity contribution is 0.0891. The molecule has 92 valence electrons. The van der Waals surface area contributed by atoms with E-state index >= 15 is 0 Å².